The van der Waals surface area contributed by atoms with Crippen LogP contribution in [0.1, 0.15) is 46.6 Å². The number of ether oxygens (including phenoxy) is 1. The van der Waals surface area contributed by atoms with E-state index in [1.807, 2.05) is 18.2 Å². The Labute approximate surface area is 127 Å². The summed E-state index contributed by atoms with van der Waals surface area (Å²) in [6.07, 6.45) is 0.948. The van der Waals surface area contributed by atoms with Crippen molar-refractivity contribution in [2.24, 2.45) is 0 Å². The molecule has 0 saturated carbocycles. The van der Waals surface area contributed by atoms with Crippen LogP contribution in [0.25, 0.3) is 0 Å². The van der Waals surface area contributed by atoms with Crippen molar-refractivity contribution in [1.82, 2.24) is 0 Å². The number of carbonyl (C=O) groups is 1. The van der Waals surface area contributed by atoms with Crippen molar-refractivity contribution in [3.8, 4) is 0 Å². The number of hydrogen-bond donors (Lipinski definition) is 2. The fourth-order valence-electron chi connectivity index (χ4n) is 3.03. The molecule has 1 aliphatic heterocycles. The number of anilines is 2. The highest BCUT2D eigenvalue weighted by Gasteiger charge is 2.45. The standard InChI is InChI=1S/C17H26N2O2/c1-11-7-8-13(18-12(2)20)9-14(11)19-15-10-16(3,4)21-17(15,5)6/h7-9,15,19H,10H2,1-6H3,(H,18,20). The zero-order valence-corrected chi connectivity index (χ0v) is 13.8. The fourth-order valence-corrected chi connectivity index (χ4v) is 3.03. The minimum atomic E-state index is -0.222. The molecule has 4 nitrogen and oxygen atoms in total. The molecule has 0 spiro atoms. The van der Waals surface area contributed by atoms with Gasteiger partial charge in [0.2, 0.25) is 5.91 Å². The average Bonchev–Trinajstić information content (AvgIpc) is 2.50. The molecule has 1 amide bonds. The molecule has 1 aliphatic rings. The lowest BCUT2D eigenvalue weighted by Gasteiger charge is -2.29. The Morgan fingerprint density at radius 1 is 1.29 bits per heavy atom. The van der Waals surface area contributed by atoms with E-state index in [4.69, 9.17) is 4.74 Å². The third-order valence-electron chi connectivity index (χ3n) is 3.96. The van der Waals surface area contributed by atoms with E-state index in [1.54, 1.807) is 0 Å². The zero-order valence-electron chi connectivity index (χ0n) is 13.8. The van der Waals surface area contributed by atoms with E-state index in [1.165, 1.54) is 6.92 Å². The summed E-state index contributed by atoms with van der Waals surface area (Å²) in [5, 5.41) is 6.42. The number of hydrogen-bond acceptors (Lipinski definition) is 3. The zero-order chi connectivity index (χ0) is 15.8. The molecule has 0 aromatic heterocycles. The van der Waals surface area contributed by atoms with Crippen molar-refractivity contribution >= 4 is 17.3 Å². The van der Waals surface area contributed by atoms with Gasteiger partial charge in [0, 0.05) is 18.3 Å². The Hall–Kier alpha value is -1.55. The number of benzene rings is 1. The third-order valence-corrected chi connectivity index (χ3v) is 3.96. The molecule has 21 heavy (non-hydrogen) atoms. The van der Waals surface area contributed by atoms with Crippen LogP contribution in [0, 0.1) is 6.92 Å². The Bertz CT molecular complexity index is 550. The lowest BCUT2D eigenvalue weighted by Crippen LogP contribution is -2.38. The minimum absolute atomic E-state index is 0.0598. The SMILES string of the molecule is CC(=O)Nc1ccc(C)c(NC2CC(C)(C)OC2(C)C)c1. The number of nitrogens with one attached hydrogen (secondary N) is 2. The number of amides is 1. The van der Waals surface area contributed by atoms with Crippen LogP contribution in [-0.4, -0.2) is 23.2 Å². The van der Waals surface area contributed by atoms with Crippen LogP contribution in [0.15, 0.2) is 18.2 Å². The normalized spacial score (nSPS) is 22.9. The van der Waals surface area contributed by atoms with Crippen LogP contribution >= 0.6 is 0 Å². The largest absolute Gasteiger partial charge is 0.379 e. The third kappa shape index (κ3) is 3.76. The smallest absolute Gasteiger partial charge is 0.221 e. The summed E-state index contributed by atoms with van der Waals surface area (Å²) in [4.78, 5) is 11.2. The molecule has 2 N–H and O–H groups in total. The fraction of sp³-hybridized carbons (Fsp3) is 0.588. The number of rotatable bonds is 3. The molecule has 1 unspecified atom stereocenters. The van der Waals surface area contributed by atoms with E-state index in [0.29, 0.717) is 0 Å². The Balaban J connectivity index is 2.21. The van der Waals surface area contributed by atoms with Crippen LogP contribution < -0.4 is 10.6 Å². The molecule has 1 saturated heterocycles. The summed E-state index contributed by atoms with van der Waals surface area (Å²) < 4.78 is 6.12. The topological polar surface area (TPSA) is 50.4 Å². The van der Waals surface area contributed by atoms with Gasteiger partial charge in [0.1, 0.15) is 0 Å². The quantitative estimate of drug-likeness (QED) is 0.892. The molecular weight excluding hydrogens is 264 g/mol. The Morgan fingerprint density at radius 3 is 2.48 bits per heavy atom. The first kappa shape index (κ1) is 15.8. The molecule has 1 heterocycles. The van der Waals surface area contributed by atoms with Gasteiger partial charge < -0.3 is 15.4 Å². The van der Waals surface area contributed by atoms with E-state index in [-0.39, 0.29) is 23.2 Å². The Morgan fingerprint density at radius 2 is 1.95 bits per heavy atom. The highest BCUT2D eigenvalue weighted by Crippen LogP contribution is 2.39. The van der Waals surface area contributed by atoms with E-state index < -0.39 is 0 Å². The van der Waals surface area contributed by atoms with Crippen LogP contribution in [0.2, 0.25) is 0 Å². The first-order chi connectivity index (χ1) is 9.59. The van der Waals surface area contributed by atoms with Gasteiger partial charge in [-0.2, -0.15) is 0 Å². The molecule has 2 rings (SSSR count). The van der Waals surface area contributed by atoms with Crippen molar-refractivity contribution < 1.29 is 9.53 Å². The van der Waals surface area contributed by atoms with Crippen molar-refractivity contribution in [3.63, 3.8) is 0 Å². The first-order valence-electron chi connectivity index (χ1n) is 7.44. The predicted octanol–water partition coefficient (Wildman–Crippen LogP) is 3.71. The summed E-state index contributed by atoms with van der Waals surface area (Å²) in [5.41, 5.74) is 2.67. The molecule has 4 heteroatoms. The van der Waals surface area contributed by atoms with E-state index in [0.717, 1.165) is 23.4 Å². The summed E-state index contributed by atoms with van der Waals surface area (Å²) in [7, 11) is 0. The molecule has 1 aromatic carbocycles. The van der Waals surface area contributed by atoms with Gasteiger partial charge in [-0.1, -0.05) is 6.07 Å². The maximum Gasteiger partial charge on any atom is 0.221 e. The lowest BCUT2D eigenvalue weighted by molar-refractivity contribution is -0.114. The molecule has 1 atom stereocenters. The van der Waals surface area contributed by atoms with Crippen LogP contribution in [-0.2, 0) is 9.53 Å². The van der Waals surface area contributed by atoms with Gasteiger partial charge >= 0.3 is 0 Å². The van der Waals surface area contributed by atoms with E-state index in [9.17, 15) is 4.79 Å². The van der Waals surface area contributed by atoms with Crippen molar-refractivity contribution in [2.45, 2.75) is 65.2 Å². The summed E-state index contributed by atoms with van der Waals surface area (Å²) in [6, 6.07) is 6.15. The maximum absolute atomic E-state index is 11.2. The molecule has 0 aliphatic carbocycles. The molecule has 0 bridgehead atoms. The van der Waals surface area contributed by atoms with Gasteiger partial charge in [0.05, 0.1) is 17.2 Å². The number of aryl methyl sites for hydroxylation is 1. The van der Waals surface area contributed by atoms with E-state index >= 15 is 0 Å². The Kier molecular flexibility index (Phi) is 4.02. The van der Waals surface area contributed by atoms with Crippen LogP contribution in [0.5, 0.6) is 0 Å². The minimum Gasteiger partial charge on any atom is -0.379 e. The number of carbonyl (C=O) groups excluding carboxylic acids is 1. The lowest BCUT2D eigenvalue weighted by atomic mass is 9.94. The van der Waals surface area contributed by atoms with Crippen LogP contribution in [0.3, 0.4) is 0 Å². The highest BCUT2D eigenvalue weighted by molar-refractivity contribution is 5.89. The second-order valence-electron chi connectivity index (χ2n) is 7.08. The predicted molar refractivity (Wildman–Crippen MR) is 86.8 cm³/mol. The molecule has 0 radical (unpaired) electrons. The molecule has 116 valence electrons. The molecule has 1 fully saturated rings. The average molecular weight is 290 g/mol. The van der Waals surface area contributed by atoms with Gasteiger partial charge in [-0.3, -0.25) is 4.79 Å². The monoisotopic (exact) mass is 290 g/mol. The summed E-state index contributed by atoms with van der Waals surface area (Å²) in [5.74, 6) is -0.0598. The van der Waals surface area contributed by atoms with Gasteiger partial charge in [-0.05, 0) is 58.7 Å². The van der Waals surface area contributed by atoms with E-state index in [2.05, 4.69) is 45.3 Å². The first-order valence-corrected chi connectivity index (χ1v) is 7.44. The maximum atomic E-state index is 11.2. The van der Waals surface area contributed by atoms with Crippen molar-refractivity contribution in [1.29, 1.82) is 0 Å². The second kappa shape index (κ2) is 5.34. The molecule has 1 aromatic rings. The van der Waals surface area contributed by atoms with Gasteiger partial charge in [-0.25, -0.2) is 0 Å². The molecular formula is C17H26N2O2. The van der Waals surface area contributed by atoms with Crippen molar-refractivity contribution in [3.05, 3.63) is 23.8 Å². The van der Waals surface area contributed by atoms with Gasteiger partial charge in [0.15, 0.2) is 0 Å². The second-order valence-corrected chi connectivity index (χ2v) is 7.08. The summed E-state index contributed by atoms with van der Waals surface area (Å²) in [6.45, 7) is 12.1. The van der Waals surface area contributed by atoms with Gasteiger partial charge in [0.25, 0.3) is 0 Å². The van der Waals surface area contributed by atoms with Gasteiger partial charge in [-0.15, -0.1) is 0 Å². The highest BCUT2D eigenvalue weighted by atomic mass is 16.5. The van der Waals surface area contributed by atoms with Crippen LogP contribution in [0.4, 0.5) is 11.4 Å². The summed E-state index contributed by atoms with van der Waals surface area (Å²) >= 11 is 0. The van der Waals surface area contributed by atoms with Crippen molar-refractivity contribution in [2.75, 3.05) is 10.6 Å².